The average Bonchev–Trinajstić information content (AvgIpc) is 3.09. The van der Waals surface area contributed by atoms with Crippen LogP contribution in [-0.2, 0) is 5.66 Å². The van der Waals surface area contributed by atoms with Crippen molar-refractivity contribution in [1.82, 2.24) is 10.2 Å². The first kappa shape index (κ1) is 12.9. The number of rotatable bonds is 2. The van der Waals surface area contributed by atoms with Gasteiger partial charge in [-0.15, -0.1) is 0 Å². The Bertz CT molecular complexity index is 827. The molecule has 1 atom stereocenters. The first-order valence-corrected chi connectivity index (χ1v) is 7.09. The number of amides is 1. The molecule has 0 aliphatic carbocycles. The predicted molar refractivity (Wildman–Crippen MR) is 81.5 cm³/mol. The van der Waals surface area contributed by atoms with Crippen molar-refractivity contribution in [2.75, 3.05) is 13.1 Å². The minimum Gasteiger partial charge on any atom is -0.311 e. The van der Waals surface area contributed by atoms with Gasteiger partial charge in [0.05, 0.1) is 0 Å². The fraction of sp³-hybridized carbons (Fsp3) is 0.188. The lowest BCUT2D eigenvalue weighted by molar-refractivity contribution is 0.0694. The molecule has 0 spiro atoms. The first-order chi connectivity index (χ1) is 10.8. The van der Waals surface area contributed by atoms with E-state index in [-0.39, 0.29) is 5.91 Å². The van der Waals surface area contributed by atoms with Gasteiger partial charge in [0.1, 0.15) is 5.66 Å². The predicted octanol–water partition coefficient (Wildman–Crippen LogP) is 2.89. The van der Waals surface area contributed by atoms with Crippen LogP contribution in [0, 0.1) is 0 Å². The fourth-order valence-electron chi connectivity index (χ4n) is 3.49. The first-order valence-electron chi connectivity index (χ1n) is 7.09. The van der Waals surface area contributed by atoms with Crippen molar-refractivity contribution in [1.29, 1.82) is 0 Å². The van der Waals surface area contributed by atoms with Gasteiger partial charge in [-0.05, 0) is 23.2 Å². The second-order valence-corrected chi connectivity index (χ2v) is 5.38. The van der Waals surface area contributed by atoms with Gasteiger partial charge in [-0.25, -0.2) is 0 Å². The van der Waals surface area contributed by atoms with Crippen molar-refractivity contribution in [2.45, 2.75) is 5.66 Å². The molecule has 2 aromatic rings. The zero-order valence-electron chi connectivity index (χ0n) is 11.7. The zero-order valence-corrected chi connectivity index (χ0v) is 11.7. The molecular formula is C16H13N5O. The summed E-state index contributed by atoms with van der Waals surface area (Å²) >= 11 is 0. The number of azide groups is 1. The van der Waals surface area contributed by atoms with Crippen LogP contribution in [-0.4, -0.2) is 23.9 Å². The summed E-state index contributed by atoms with van der Waals surface area (Å²) in [6, 6.07) is 15.0. The number of carbonyl (C=O) groups is 1. The largest absolute Gasteiger partial charge is 0.311 e. The van der Waals surface area contributed by atoms with Gasteiger partial charge in [-0.2, -0.15) is 0 Å². The summed E-state index contributed by atoms with van der Waals surface area (Å²) in [6.45, 7) is 1.38. The molecule has 22 heavy (non-hydrogen) atoms. The van der Waals surface area contributed by atoms with E-state index < -0.39 is 5.66 Å². The molecule has 1 unspecified atom stereocenters. The van der Waals surface area contributed by atoms with E-state index in [1.165, 1.54) is 0 Å². The Morgan fingerprint density at radius 2 is 2.09 bits per heavy atom. The normalized spacial score (nSPS) is 22.2. The van der Waals surface area contributed by atoms with Gasteiger partial charge in [0.15, 0.2) is 0 Å². The van der Waals surface area contributed by atoms with Crippen molar-refractivity contribution in [3.05, 3.63) is 75.7 Å². The Labute approximate surface area is 127 Å². The molecule has 2 aromatic carbocycles. The third-order valence-corrected chi connectivity index (χ3v) is 4.34. The molecule has 2 heterocycles. The summed E-state index contributed by atoms with van der Waals surface area (Å²) in [7, 11) is 0. The topological polar surface area (TPSA) is 81.1 Å². The Balaban J connectivity index is 1.97. The van der Waals surface area contributed by atoms with E-state index >= 15 is 0 Å². The Morgan fingerprint density at radius 1 is 1.23 bits per heavy atom. The SMILES string of the molecule is [N-]=[N+]=Nc1cccc(C23NCCN2C(=O)c2ccccc23)c1. The van der Waals surface area contributed by atoms with Gasteiger partial charge in [-0.1, -0.05) is 41.5 Å². The smallest absolute Gasteiger partial charge is 0.256 e. The highest BCUT2D eigenvalue weighted by Gasteiger charge is 2.53. The molecule has 6 heteroatoms. The van der Waals surface area contributed by atoms with Crippen LogP contribution in [0.15, 0.2) is 53.6 Å². The quantitative estimate of drug-likeness (QED) is 0.524. The maximum Gasteiger partial charge on any atom is 0.256 e. The van der Waals surface area contributed by atoms with Crippen molar-refractivity contribution in [3.8, 4) is 0 Å². The highest BCUT2D eigenvalue weighted by atomic mass is 16.2. The lowest BCUT2D eigenvalue weighted by Gasteiger charge is -2.33. The monoisotopic (exact) mass is 291 g/mol. The average molecular weight is 291 g/mol. The summed E-state index contributed by atoms with van der Waals surface area (Å²) in [5.74, 6) is 0.0368. The van der Waals surface area contributed by atoms with Crippen LogP contribution in [0.1, 0.15) is 21.5 Å². The Morgan fingerprint density at radius 3 is 2.95 bits per heavy atom. The maximum absolute atomic E-state index is 12.7. The van der Waals surface area contributed by atoms with Crippen LogP contribution >= 0.6 is 0 Å². The van der Waals surface area contributed by atoms with Crippen molar-refractivity contribution in [2.24, 2.45) is 5.11 Å². The van der Waals surface area contributed by atoms with Crippen LogP contribution in [0.2, 0.25) is 0 Å². The summed E-state index contributed by atoms with van der Waals surface area (Å²) in [5.41, 5.74) is 11.1. The lowest BCUT2D eigenvalue weighted by atomic mass is 9.91. The molecule has 1 saturated heterocycles. The molecule has 2 aliphatic rings. The molecule has 0 aromatic heterocycles. The number of benzene rings is 2. The number of nitrogens with one attached hydrogen (secondary N) is 1. The van der Waals surface area contributed by atoms with E-state index in [2.05, 4.69) is 15.3 Å². The Hall–Kier alpha value is -2.82. The van der Waals surface area contributed by atoms with Crippen molar-refractivity contribution in [3.63, 3.8) is 0 Å². The molecule has 0 bridgehead atoms. The highest BCUT2D eigenvalue weighted by molar-refractivity contribution is 6.01. The summed E-state index contributed by atoms with van der Waals surface area (Å²) in [5, 5.41) is 7.15. The number of hydrogen-bond acceptors (Lipinski definition) is 3. The van der Waals surface area contributed by atoms with E-state index in [0.717, 1.165) is 23.2 Å². The van der Waals surface area contributed by atoms with E-state index in [1.54, 1.807) is 6.07 Å². The fourth-order valence-corrected chi connectivity index (χ4v) is 3.49. The van der Waals surface area contributed by atoms with Crippen LogP contribution in [0.4, 0.5) is 5.69 Å². The van der Waals surface area contributed by atoms with Crippen LogP contribution in [0.3, 0.4) is 0 Å². The minimum atomic E-state index is -0.658. The van der Waals surface area contributed by atoms with Crippen LogP contribution in [0.25, 0.3) is 10.4 Å². The molecule has 4 rings (SSSR count). The third-order valence-electron chi connectivity index (χ3n) is 4.34. The lowest BCUT2D eigenvalue weighted by Crippen LogP contribution is -2.46. The number of nitrogens with zero attached hydrogens (tertiary/aromatic N) is 4. The van der Waals surface area contributed by atoms with E-state index in [0.29, 0.717) is 12.2 Å². The van der Waals surface area contributed by atoms with Gasteiger partial charge in [0.2, 0.25) is 0 Å². The second-order valence-electron chi connectivity index (χ2n) is 5.38. The van der Waals surface area contributed by atoms with Gasteiger partial charge in [0, 0.05) is 34.8 Å². The van der Waals surface area contributed by atoms with Gasteiger partial charge >= 0.3 is 0 Å². The Kier molecular flexibility index (Phi) is 2.69. The molecule has 2 aliphatic heterocycles. The van der Waals surface area contributed by atoms with Gasteiger partial charge in [0.25, 0.3) is 5.91 Å². The molecule has 0 saturated carbocycles. The minimum absolute atomic E-state index is 0.0368. The third kappa shape index (κ3) is 1.53. The molecule has 1 fully saturated rings. The number of carbonyl (C=O) groups excluding carboxylic acids is 1. The molecule has 1 N–H and O–H groups in total. The maximum atomic E-state index is 12.7. The van der Waals surface area contributed by atoms with Gasteiger partial charge < -0.3 is 4.90 Å². The highest BCUT2D eigenvalue weighted by Crippen LogP contribution is 2.44. The van der Waals surface area contributed by atoms with Crippen molar-refractivity contribution >= 4 is 11.6 Å². The molecule has 0 radical (unpaired) electrons. The zero-order chi connectivity index (χ0) is 15.2. The molecular weight excluding hydrogens is 278 g/mol. The molecule has 108 valence electrons. The summed E-state index contributed by atoms with van der Waals surface area (Å²) < 4.78 is 0. The van der Waals surface area contributed by atoms with E-state index in [9.17, 15) is 4.79 Å². The summed E-state index contributed by atoms with van der Waals surface area (Å²) in [6.07, 6.45) is 0. The standard InChI is InChI=1S/C16H13N5O/c17-20-19-12-5-3-4-11(10-12)16-14-7-2-1-6-13(14)15(22)21(16)9-8-18-16/h1-7,10,18H,8-9H2. The second kappa shape index (κ2) is 4.59. The van der Waals surface area contributed by atoms with Crippen LogP contribution < -0.4 is 5.32 Å². The van der Waals surface area contributed by atoms with E-state index in [4.69, 9.17) is 5.53 Å². The van der Waals surface area contributed by atoms with E-state index in [1.807, 2.05) is 47.4 Å². The molecule has 6 nitrogen and oxygen atoms in total. The van der Waals surface area contributed by atoms with Gasteiger partial charge in [-0.3, -0.25) is 10.1 Å². The van der Waals surface area contributed by atoms with Crippen molar-refractivity contribution < 1.29 is 4.79 Å². The summed E-state index contributed by atoms with van der Waals surface area (Å²) in [4.78, 5) is 17.4. The molecule has 1 amide bonds. The number of fused-ring (bicyclic) bond motifs is 3. The number of hydrogen-bond donors (Lipinski definition) is 1. The van der Waals surface area contributed by atoms with Crippen LogP contribution in [0.5, 0.6) is 0 Å².